The van der Waals surface area contributed by atoms with Crippen molar-refractivity contribution >= 4 is 0 Å². The number of rotatable bonds is 4. The summed E-state index contributed by atoms with van der Waals surface area (Å²) in [6.45, 7) is 8.99. The largest absolute Gasteiger partial charge is 0.312 e. The second kappa shape index (κ2) is 4.58. The molecule has 1 aromatic carbocycles. The number of benzene rings is 1. The first-order chi connectivity index (χ1) is 7.61. The third-order valence-corrected chi connectivity index (χ3v) is 4.14. The summed E-state index contributed by atoms with van der Waals surface area (Å²) >= 11 is 0. The summed E-state index contributed by atoms with van der Waals surface area (Å²) in [5.74, 6) is 0. The van der Waals surface area contributed by atoms with E-state index in [0.717, 1.165) is 6.54 Å². The van der Waals surface area contributed by atoms with Gasteiger partial charge in [0.25, 0.3) is 0 Å². The Labute approximate surface area is 99.3 Å². The Hall–Kier alpha value is -0.820. The van der Waals surface area contributed by atoms with Crippen LogP contribution >= 0.6 is 0 Å². The molecule has 1 aromatic rings. The third-order valence-electron chi connectivity index (χ3n) is 4.14. The van der Waals surface area contributed by atoms with E-state index in [2.05, 4.69) is 44.3 Å². The zero-order valence-corrected chi connectivity index (χ0v) is 10.8. The first kappa shape index (κ1) is 11.7. The minimum absolute atomic E-state index is 0.581. The molecule has 2 rings (SSSR count). The average Bonchev–Trinajstić information content (AvgIpc) is 2.22. The van der Waals surface area contributed by atoms with E-state index in [1.54, 1.807) is 0 Å². The highest BCUT2D eigenvalue weighted by Crippen LogP contribution is 2.39. The Kier molecular flexibility index (Phi) is 3.34. The lowest BCUT2D eigenvalue weighted by Gasteiger charge is -2.38. The van der Waals surface area contributed by atoms with Crippen LogP contribution in [0.2, 0.25) is 0 Å². The molecule has 0 saturated heterocycles. The molecular weight excluding hydrogens is 194 g/mol. The van der Waals surface area contributed by atoms with E-state index in [0.29, 0.717) is 5.41 Å². The summed E-state index contributed by atoms with van der Waals surface area (Å²) in [5, 5.41) is 3.61. The van der Waals surface area contributed by atoms with Gasteiger partial charge >= 0.3 is 0 Å². The number of nitrogens with one attached hydrogen (secondary N) is 1. The van der Waals surface area contributed by atoms with Crippen molar-refractivity contribution in [1.82, 2.24) is 5.32 Å². The second-order valence-corrected chi connectivity index (χ2v) is 5.63. The van der Waals surface area contributed by atoms with Crippen LogP contribution < -0.4 is 5.32 Å². The van der Waals surface area contributed by atoms with Gasteiger partial charge in [0.05, 0.1) is 0 Å². The van der Waals surface area contributed by atoms with Crippen molar-refractivity contribution in [2.24, 2.45) is 5.41 Å². The molecule has 1 nitrogen and oxygen atoms in total. The average molecular weight is 217 g/mol. The van der Waals surface area contributed by atoms with Crippen molar-refractivity contribution < 1.29 is 0 Å². The Bertz CT molecular complexity index is 364. The van der Waals surface area contributed by atoms with Gasteiger partial charge in [-0.3, -0.25) is 0 Å². The molecule has 1 heteroatoms. The van der Waals surface area contributed by atoms with Crippen LogP contribution in [0.1, 0.15) is 42.9 Å². The van der Waals surface area contributed by atoms with E-state index in [1.807, 2.05) is 0 Å². The first-order valence-electron chi connectivity index (χ1n) is 6.37. The summed E-state index contributed by atoms with van der Waals surface area (Å²) in [7, 11) is 0. The molecule has 0 bridgehead atoms. The Morgan fingerprint density at radius 3 is 2.62 bits per heavy atom. The van der Waals surface area contributed by atoms with Crippen LogP contribution in [0.5, 0.6) is 0 Å². The lowest BCUT2D eigenvalue weighted by Crippen LogP contribution is -2.37. The van der Waals surface area contributed by atoms with Crippen LogP contribution in [-0.4, -0.2) is 6.54 Å². The molecule has 1 aliphatic rings. The fourth-order valence-corrected chi connectivity index (χ4v) is 2.46. The lowest BCUT2D eigenvalue weighted by molar-refractivity contribution is 0.156. The molecule has 0 aromatic heterocycles. The van der Waals surface area contributed by atoms with E-state index in [-0.39, 0.29) is 0 Å². The van der Waals surface area contributed by atoms with Crippen LogP contribution in [0.25, 0.3) is 0 Å². The summed E-state index contributed by atoms with van der Waals surface area (Å²) in [6.07, 6.45) is 4.21. The van der Waals surface area contributed by atoms with Crippen LogP contribution in [0.4, 0.5) is 0 Å². The third kappa shape index (κ3) is 2.46. The summed E-state index contributed by atoms with van der Waals surface area (Å²) in [5.41, 5.74) is 4.86. The van der Waals surface area contributed by atoms with Gasteiger partial charge in [-0.1, -0.05) is 31.5 Å². The number of aryl methyl sites for hydroxylation is 1. The topological polar surface area (TPSA) is 12.0 Å². The molecule has 0 heterocycles. The van der Waals surface area contributed by atoms with Gasteiger partial charge in [0.2, 0.25) is 0 Å². The van der Waals surface area contributed by atoms with E-state index in [1.165, 1.54) is 42.5 Å². The molecule has 88 valence electrons. The molecule has 1 fully saturated rings. The van der Waals surface area contributed by atoms with Gasteiger partial charge in [0, 0.05) is 13.1 Å². The molecule has 0 amide bonds. The van der Waals surface area contributed by atoms with E-state index >= 15 is 0 Å². The minimum atomic E-state index is 0.581. The molecule has 1 saturated carbocycles. The molecular formula is C15H23N. The van der Waals surface area contributed by atoms with Gasteiger partial charge < -0.3 is 5.32 Å². The van der Waals surface area contributed by atoms with Gasteiger partial charge in [-0.2, -0.15) is 0 Å². The molecule has 1 aliphatic carbocycles. The molecule has 0 radical (unpaired) electrons. The highest BCUT2D eigenvalue weighted by molar-refractivity contribution is 5.32. The van der Waals surface area contributed by atoms with E-state index in [9.17, 15) is 0 Å². The lowest BCUT2D eigenvalue weighted by atomic mass is 9.70. The minimum Gasteiger partial charge on any atom is -0.312 e. The van der Waals surface area contributed by atoms with Crippen molar-refractivity contribution in [2.45, 2.75) is 46.6 Å². The van der Waals surface area contributed by atoms with Gasteiger partial charge in [-0.05, 0) is 48.8 Å². The van der Waals surface area contributed by atoms with Crippen molar-refractivity contribution in [3.05, 3.63) is 34.9 Å². The predicted molar refractivity (Wildman–Crippen MR) is 69.6 cm³/mol. The molecule has 0 aliphatic heterocycles. The maximum atomic E-state index is 3.61. The number of hydrogen-bond acceptors (Lipinski definition) is 1. The summed E-state index contributed by atoms with van der Waals surface area (Å²) in [6, 6.07) is 6.58. The fourth-order valence-electron chi connectivity index (χ4n) is 2.46. The molecule has 16 heavy (non-hydrogen) atoms. The van der Waals surface area contributed by atoms with Crippen LogP contribution in [0.3, 0.4) is 0 Å². The van der Waals surface area contributed by atoms with Gasteiger partial charge in [0.15, 0.2) is 0 Å². The number of hydrogen-bond donors (Lipinski definition) is 1. The molecule has 1 N–H and O–H groups in total. The highest BCUT2D eigenvalue weighted by Gasteiger charge is 2.30. The normalized spacial score (nSPS) is 18.2. The second-order valence-electron chi connectivity index (χ2n) is 5.63. The van der Waals surface area contributed by atoms with Crippen molar-refractivity contribution in [1.29, 1.82) is 0 Å². The highest BCUT2D eigenvalue weighted by atomic mass is 14.9. The molecule has 0 unspecified atom stereocenters. The van der Waals surface area contributed by atoms with Crippen molar-refractivity contribution in [3.8, 4) is 0 Å². The standard InChI is InChI=1S/C15H23N/c1-12-6-4-7-14(13(12)2)10-16-11-15(3)8-5-9-15/h4,6-7,16H,5,8-11H2,1-3H3. The quantitative estimate of drug-likeness (QED) is 0.813. The van der Waals surface area contributed by atoms with Gasteiger partial charge in [-0.25, -0.2) is 0 Å². The van der Waals surface area contributed by atoms with Gasteiger partial charge in [-0.15, -0.1) is 0 Å². The Morgan fingerprint density at radius 1 is 1.25 bits per heavy atom. The zero-order chi connectivity index (χ0) is 11.6. The van der Waals surface area contributed by atoms with E-state index < -0.39 is 0 Å². The molecule has 0 spiro atoms. The van der Waals surface area contributed by atoms with Gasteiger partial charge in [0.1, 0.15) is 0 Å². The molecule has 0 atom stereocenters. The maximum Gasteiger partial charge on any atom is 0.0208 e. The SMILES string of the molecule is Cc1cccc(CNCC2(C)CCC2)c1C. The van der Waals surface area contributed by atoms with Crippen LogP contribution in [0.15, 0.2) is 18.2 Å². The predicted octanol–water partition coefficient (Wildman–Crippen LogP) is 3.58. The maximum absolute atomic E-state index is 3.61. The Morgan fingerprint density at radius 2 is 2.00 bits per heavy atom. The van der Waals surface area contributed by atoms with Crippen LogP contribution in [0, 0.1) is 19.3 Å². The summed E-state index contributed by atoms with van der Waals surface area (Å²) in [4.78, 5) is 0. The van der Waals surface area contributed by atoms with E-state index in [4.69, 9.17) is 0 Å². The van der Waals surface area contributed by atoms with Crippen LogP contribution in [-0.2, 0) is 6.54 Å². The zero-order valence-electron chi connectivity index (χ0n) is 10.8. The summed E-state index contributed by atoms with van der Waals surface area (Å²) < 4.78 is 0. The fraction of sp³-hybridized carbons (Fsp3) is 0.600. The Balaban J connectivity index is 1.87. The van der Waals surface area contributed by atoms with Crippen molar-refractivity contribution in [3.63, 3.8) is 0 Å². The monoisotopic (exact) mass is 217 g/mol. The smallest absolute Gasteiger partial charge is 0.0208 e. The van der Waals surface area contributed by atoms with Crippen molar-refractivity contribution in [2.75, 3.05) is 6.54 Å². The first-order valence-corrected chi connectivity index (χ1v) is 6.37.